The maximum Gasteiger partial charge on any atom is 0.392 e. The molecule has 0 bridgehead atoms. The molecule has 0 aliphatic carbocycles. The van der Waals surface area contributed by atoms with Crippen molar-refractivity contribution in [2.75, 3.05) is 0 Å². The molecule has 0 amide bonds. The van der Waals surface area contributed by atoms with Gasteiger partial charge in [-0.2, -0.15) is 13.2 Å². The zero-order valence-corrected chi connectivity index (χ0v) is 10.3. The number of carboxylic acids is 1. The van der Waals surface area contributed by atoms with Gasteiger partial charge in [0.2, 0.25) is 3.79 Å². The molecule has 1 N–H and O–H groups in total. The fourth-order valence-corrected chi connectivity index (χ4v) is 1.61. The summed E-state index contributed by atoms with van der Waals surface area (Å²) in [7, 11) is 0. The van der Waals surface area contributed by atoms with Crippen LogP contribution in [-0.2, 0) is 4.79 Å². The van der Waals surface area contributed by atoms with E-state index in [0.717, 1.165) is 0 Å². The first-order valence-corrected chi connectivity index (χ1v) is 5.21. The Balaban J connectivity index is 5.48. The molecule has 0 spiro atoms. The molecule has 0 aliphatic rings. The van der Waals surface area contributed by atoms with E-state index in [0.29, 0.717) is 0 Å². The van der Waals surface area contributed by atoms with Gasteiger partial charge in [0.1, 0.15) is 0 Å². The van der Waals surface area contributed by atoms with E-state index in [9.17, 15) is 18.0 Å². The smallest absolute Gasteiger partial charge is 0.392 e. The van der Waals surface area contributed by atoms with Gasteiger partial charge >= 0.3 is 12.1 Å². The first kappa shape index (κ1) is 15.9. The lowest BCUT2D eigenvalue weighted by Gasteiger charge is -2.20. The predicted octanol–water partition coefficient (Wildman–Crippen LogP) is 4.10. The second-order valence-corrected chi connectivity index (χ2v) is 5.19. The Morgan fingerprint density at radius 2 is 1.69 bits per heavy atom. The molecule has 0 aromatic heterocycles. The molecule has 0 aromatic carbocycles. The van der Waals surface area contributed by atoms with Crippen LogP contribution in [-0.4, -0.2) is 21.0 Å². The fraction of sp³-hybridized carbons (Fsp3) is 0.625. The number of carbonyl (C=O) groups is 1. The summed E-state index contributed by atoms with van der Waals surface area (Å²) < 4.78 is 34.2. The van der Waals surface area contributed by atoms with Crippen LogP contribution in [0.4, 0.5) is 13.2 Å². The van der Waals surface area contributed by atoms with Crippen molar-refractivity contribution in [2.24, 2.45) is 0 Å². The van der Waals surface area contributed by atoms with Gasteiger partial charge < -0.3 is 5.11 Å². The Labute approximate surface area is 105 Å². The van der Waals surface area contributed by atoms with Crippen LogP contribution in [0.2, 0.25) is 0 Å². The molecule has 2 nitrogen and oxygen atoms in total. The molecular formula is C8H8Cl3F3O2. The number of carboxylic acid groups (broad SMARTS) is 1. The minimum Gasteiger partial charge on any atom is -0.478 e. The van der Waals surface area contributed by atoms with Crippen LogP contribution in [0.3, 0.4) is 0 Å². The van der Waals surface area contributed by atoms with Crippen molar-refractivity contribution in [3.8, 4) is 0 Å². The third-order valence-electron chi connectivity index (χ3n) is 1.70. The Kier molecular flexibility index (Phi) is 5.42. The molecule has 0 fully saturated rings. The molecule has 0 aromatic rings. The van der Waals surface area contributed by atoms with Gasteiger partial charge in [-0.1, -0.05) is 41.7 Å². The number of alkyl halides is 6. The van der Waals surface area contributed by atoms with Gasteiger partial charge in [0.25, 0.3) is 0 Å². The Morgan fingerprint density at radius 1 is 1.25 bits per heavy atom. The Morgan fingerprint density at radius 3 is 1.88 bits per heavy atom. The van der Waals surface area contributed by atoms with Crippen molar-refractivity contribution in [3.63, 3.8) is 0 Å². The quantitative estimate of drug-likeness (QED) is 0.629. The lowest BCUT2D eigenvalue weighted by Crippen LogP contribution is -2.21. The van der Waals surface area contributed by atoms with Crippen LogP contribution in [0.25, 0.3) is 0 Å². The van der Waals surface area contributed by atoms with Crippen LogP contribution in [0, 0.1) is 0 Å². The van der Waals surface area contributed by atoms with Crippen LogP contribution in [0.5, 0.6) is 0 Å². The number of halogens is 6. The average Bonchev–Trinajstić information content (AvgIpc) is 1.99. The first-order chi connectivity index (χ1) is 6.99. The minimum atomic E-state index is -4.63. The molecule has 0 unspecified atom stereocenters. The predicted molar refractivity (Wildman–Crippen MR) is 55.9 cm³/mol. The van der Waals surface area contributed by atoms with Crippen molar-refractivity contribution < 1.29 is 23.1 Å². The summed E-state index contributed by atoms with van der Waals surface area (Å²) in [6, 6.07) is 0. The zero-order valence-electron chi connectivity index (χ0n) is 8.04. The molecular weight excluding hydrogens is 291 g/mol. The van der Waals surface area contributed by atoms with Crippen LogP contribution in [0.1, 0.15) is 19.8 Å². The number of hydrogen-bond donors (Lipinski definition) is 1. The van der Waals surface area contributed by atoms with Gasteiger partial charge in [-0.05, 0) is 12.0 Å². The lowest BCUT2D eigenvalue weighted by molar-refractivity contribution is -0.133. The maximum absolute atomic E-state index is 12.2. The third-order valence-corrected chi connectivity index (χ3v) is 2.38. The molecule has 0 saturated carbocycles. The summed E-state index contributed by atoms with van der Waals surface area (Å²) in [4.78, 5) is 10.7. The van der Waals surface area contributed by atoms with Gasteiger partial charge in [0.15, 0.2) is 0 Å². The Bertz CT molecular complexity index is 305. The van der Waals surface area contributed by atoms with E-state index in [-0.39, 0.29) is 6.42 Å². The largest absolute Gasteiger partial charge is 0.478 e. The van der Waals surface area contributed by atoms with E-state index < -0.39 is 33.5 Å². The monoisotopic (exact) mass is 298 g/mol. The standard InChI is InChI=1S/C8H8Cl3F3O2/c1-2-4(6(15)16)5(8(9,10)11)3-7(12,13)14/h2-3H2,1H3,(H,15,16). The fourth-order valence-electron chi connectivity index (χ4n) is 1.07. The summed E-state index contributed by atoms with van der Waals surface area (Å²) in [5.74, 6) is -1.52. The van der Waals surface area contributed by atoms with Crippen LogP contribution >= 0.6 is 34.8 Å². The van der Waals surface area contributed by atoms with Crippen molar-refractivity contribution in [2.45, 2.75) is 29.7 Å². The molecule has 0 atom stereocenters. The van der Waals surface area contributed by atoms with Gasteiger partial charge in [-0.15, -0.1) is 0 Å². The second kappa shape index (κ2) is 5.47. The van der Waals surface area contributed by atoms with E-state index in [1.807, 2.05) is 0 Å². The third kappa shape index (κ3) is 5.27. The highest BCUT2D eigenvalue weighted by Crippen LogP contribution is 2.42. The number of rotatable bonds is 3. The minimum absolute atomic E-state index is 0.158. The maximum atomic E-state index is 12.2. The van der Waals surface area contributed by atoms with Gasteiger partial charge in [-0.3, -0.25) is 0 Å². The normalized spacial score (nSPS) is 14.7. The summed E-state index contributed by atoms with van der Waals surface area (Å²) in [6.45, 7) is 1.37. The highest BCUT2D eigenvalue weighted by molar-refractivity contribution is 6.69. The summed E-state index contributed by atoms with van der Waals surface area (Å²) >= 11 is 16.0. The van der Waals surface area contributed by atoms with Gasteiger partial charge in [0, 0.05) is 5.57 Å². The van der Waals surface area contributed by atoms with E-state index >= 15 is 0 Å². The Hall–Kier alpha value is -0.130. The zero-order chi connectivity index (χ0) is 13.1. The highest BCUT2D eigenvalue weighted by Gasteiger charge is 2.39. The lowest BCUT2D eigenvalue weighted by atomic mass is 10.0. The van der Waals surface area contributed by atoms with Crippen molar-refractivity contribution in [1.82, 2.24) is 0 Å². The molecule has 8 heteroatoms. The number of aliphatic carboxylic acids is 1. The molecule has 0 saturated heterocycles. The summed E-state index contributed by atoms with van der Waals surface area (Å²) in [5, 5.41) is 8.70. The molecule has 0 aliphatic heterocycles. The van der Waals surface area contributed by atoms with Gasteiger partial charge in [0.05, 0.1) is 6.42 Å². The summed E-state index contributed by atoms with van der Waals surface area (Å²) in [5.41, 5.74) is -1.28. The molecule has 0 rings (SSSR count). The number of hydrogen-bond acceptors (Lipinski definition) is 1. The summed E-state index contributed by atoms with van der Waals surface area (Å²) in [6.07, 6.45) is -6.34. The van der Waals surface area contributed by atoms with Crippen LogP contribution in [0.15, 0.2) is 11.1 Å². The topological polar surface area (TPSA) is 37.3 Å². The molecule has 94 valence electrons. The molecule has 0 radical (unpaired) electrons. The van der Waals surface area contributed by atoms with Crippen molar-refractivity contribution >= 4 is 40.8 Å². The van der Waals surface area contributed by atoms with Crippen LogP contribution < -0.4 is 0 Å². The average molecular weight is 300 g/mol. The first-order valence-electron chi connectivity index (χ1n) is 4.08. The van der Waals surface area contributed by atoms with E-state index in [2.05, 4.69) is 0 Å². The van der Waals surface area contributed by atoms with E-state index in [1.165, 1.54) is 6.92 Å². The highest BCUT2D eigenvalue weighted by atomic mass is 35.6. The molecule has 0 heterocycles. The van der Waals surface area contributed by atoms with E-state index in [4.69, 9.17) is 39.9 Å². The van der Waals surface area contributed by atoms with Gasteiger partial charge in [-0.25, -0.2) is 4.79 Å². The molecule has 16 heavy (non-hydrogen) atoms. The second-order valence-electron chi connectivity index (χ2n) is 2.91. The SMILES string of the molecule is CCC(C(=O)O)=C(CC(F)(F)F)C(Cl)(Cl)Cl. The van der Waals surface area contributed by atoms with Crippen molar-refractivity contribution in [1.29, 1.82) is 0 Å². The van der Waals surface area contributed by atoms with E-state index in [1.54, 1.807) is 0 Å². The number of allylic oxidation sites excluding steroid dienone is 1. The van der Waals surface area contributed by atoms with Crippen molar-refractivity contribution in [3.05, 3.63) is 11.1 Å².